The second-order valence-corrected chi connectivity index (χ2v) is 11.9. The maximum atomic E-state index is 15.4. The van der Waals surface area contributed by atoms with Crippen LogP contribution in [0.4, 0.5) is 10.1 Å². The highest BCUT2D eigenvalue weighted by Crippen LogP contribution is 2.39. The van der Waals surface area contributed by atoms with Gasteiger partial charge in [-0.3, -0.25) is 24.7 Å². The van der Waals surface area contributed by atoms with E-state index in [9.17, 15) is 14.7 Å². The third-order valence-corrected chi connectivity index (χ3v) is 8.56. The van der Waals surface area contributed by atoms with E-state index in [2.05, 4.69) is 19.9 Å². The molecule has 14 nitrogen and oxygen atoms in total. The number of fused-ring (bicyclic) bond motifs is 1. The molecule has 0 aliphatic carbocycles. The van der Waals surface area contributed by atoms with Gasteiger partial charge < -0.3 is 33.5 Å². The molecule has 1 saturated heterocycles. The second-order valence-electron chi connectivity index (χ2n) is 11.5. The summed E-state index contributed by atoms with van der Waals surface area (Å²) in [5.41, 5.74) is -1.58. The summed E-state index contributed by atoms with van der Waals surface area (Å²) in [6.07, 6.45) is 3.38. The molecule has 0 bridgehead atoms. The van der Waals surface area contributed by atoms with Gasteiger partial charge in [-0.1, -0.05) is 11.6 Å². The smallest absolute Gasteiger partial charge is 0.335 e. The van der Waals surface area contributed by atoms with Crippen LogP contribution in [0.15, 0.2) is 69.3 Å². The lowest BCUT2D eigenvalue weighted by molar-refractivity contribution is 0.0357. The standard InChI is InChI=1S/C36H35ClFN5O9/c1-47-30-19-27(31(48-2)17-24(30)37)43-35(45)23(34(44)41-36(43)46)20-40-21-5-6-29(25(38)15-21)52-28-7-8-39-26-18-33(32(49-3)16-22(26)28)51-12-4-9-42-10-13-50-14-11-42/h5-8,15-20,45H,4,9-14H2,1-3H3,(H,41,44,46). The van der Waals surface area contributed by atoms with Gasteiger partial charge in [-0.15, -0.1) is 0 Å². The first kappa shape index (κ1) is 36.2. The van der Waals surface area contributed by atoms with Crippen LogP contribution in [0, 0.1) is 5.82 Å². The number of ether oxygens (including phenoxy) is 6. The van der Waals surface area contributed by atoms with Crippen LogP contribution >= 0.6 is 11.6 Å². The Hall–Kier alpha value is -5.64. The van der Waals surface area contributed by atoms with Crippen molar-refractivity contribution in [2.75, 3.05) is 60.8 Å². The molecule has 5 aromatic rings. The predicted molar refractivity (Wildman–Crippen MR) is 192 cm³/mol. The number of hydrogen-bond acceptors (Lipinski definition) is 12. The number of aromatic hydroxyl groups is 1. The van der Waals surface area contributed by atoms with Gasteiger partial charge >= 0.3 is 5.69 Å². The van der Waals surface area contributed by atoms with E-state index in [1.807, 2.05) is 0 Å². The van der Waals surface area contributed by atoms with Crippen LogP contribution in [0.1, 0.15) is 12.0 Å². The van der Waals surface area contributed by atoms with Gasteiger partial charge in [0.25, 0.3) is 5.56 Å². The van der Waals surface area contributed by atoms with E-state index >= 15 is 4.39 Å². The lowest BCUT2D eigenvalue weighted by Crippen LogP contribution is -2.37. The number of pyridine rings is 1. The van der Waals surface area contributed by atoms with Crippen molar-refractivity contribution in [3.05, 3.63) is 92.0 Å². The fourth-order valence-corrected chi connectivity index (χ4v) is 5.82. The van der Waals surface area contributed by atoms with Crippen molar-refractivity contribution in [1.82, 2.24) is 19.4 Å². The summed E-state index contributed by atoms with van der Waals surface area (Å²) in [6.45, 7) is 4.68. The fourth-order valence-electron chi connectivity index (χ4n) is 5.59. The van der Waals surface area contributed by atoms with Gasteiger partial charge in [-0.25, -0.2) is 13.8 Å². The molecule has 0 saturated carbocycles. The molecule has 3 aromatic carbocycles. The first-order chi connectivity index (χ1) is 25.2. The minimum atomic E-state index is -0.959. The molecule has 0 atom stereocenters. The average molecular weight is 736 g/mol. The number of aromatic nitrogens is 3. The van der Waals surface area contributed by atoms with Crippen molar-refractivity contribution in [1.29, 1.82) is 0 Å². The van der Waals surface area contributed by atoms with Crippen LogP contribution < -0.4 is 34.9 Å². The molecule has 6 rings (SSSR count). The second kappa shape index (κ2) is 16.1. The summed E-state index contributed by atoms with van der Waals surface area (Å²) in [5.74, 6) is 0.0149. The normalized spacial score (nSPS) is 13.4. The van der Waals surface area contributed by atoms with Crippen LogP contribution in [0.25, 0.3) is 16.6 Å². The molecule has 3 heterocycles. The van der Waals surface area contributed by atoms with Crippen LogP contribution in [0.5, 0.6) is 40.4 Å². The van der Waals surface area contributed by atoms with Gasteiger partial charge in [0.1, 0.15) is 22.8 Å². The Morgan fingerprint density at radius 3 is 2.46 bits per heavy atom. The van der Waals surface area contributed by atoms with Crippen molar-refractivity contribution >= 4 is 34.4 Å². The van der Waals surface area contributed by atoms with Crippen molar-refractivity contribution < 1.29 is 37.9 Å². The molecule has 52 heavy (non-hydrogen) atoms. The highest BCUT2D eigenvalue weighted by molar-refractivity contribution is 6.32. The Balaban J connectivity index is 1.21. The maximum Gasteiger partial charge on any atom is 0.335 e. The SMILES string of the molecule is COc1cc(-n2c(O)c(C=Nc3ccc(Oc4ccnc5cc(OCCCN6CCOCC6)c(OC)cc45)c(F)c3)c(=O)[nH]c2=O)c(OC)cc1Cl. The Morgan fingerprint density at radius 2 is 1.73 bits per heavy atom. The number of morpholine rings is 1. The highest BCUT2D eigenvalue weighted by Gasteiger charge is 2.20. The van der Waals surface area contributed by atoms with Gasteiger partial charge in [0.2, 0.25) is 5.88 Å². The van der Waals surface area contributed by atoms with Crippen LogP contribution in [-0.2, 0) is 4.74 Å². The number of halogens is 2. The molecule has 2 N–H and O–H groups in total. The van der Waals surface area contributed by atoms with E-state index < -0.39 is 22.9 Å². The summed E-state index contributed by atoms with van der Waals surface area (Å²) in [5, 5.41) is 11.8. The molecule has 16 heteroatoms. The number of rotatable bonds is 13. The van der Waals surface area contributed by atoms with Gasteiger partial charge in [-0.2, -0.15) is 0 Å². The number of methoxy groups -OCH3 is 3. The number of nitrogens with one attached hydrogen (secondary N) is 1. The molecule has 0 unspecified atom stereocenters. The largest absolute Gasteiger partial charge is 0.495 e. The van der Waals surface area contributed by atoms with Crippen molar-refractivity contribution in [2.24, 2.45) is 4.99 Å². The number of hydrogen-bond donors (Lipinski definition) is 2. The maximum absolute atomic E-state index is 15.4. The number of aromatic amines is 1. The predicted octanol–water partition coefficient (Wildman–Crippen LogP) is 5.24. The first-order valence-electron chi connectivity index (χ1n) is 16.1. The number of nitrogens with zero attached hydrogens (tertiary/aromatic N) is 4. The van der Waals surface area contributed by atoms with Gasteiger partial charge in [0.15, 0.2) is 23.1 Å². The summed E-state index contributed by atoms with van der Waals surface area (Å²) < 4.78 is 49.7. The first-order valence-corrected chi connectivity index (χ1v) is 16.5. The van der Waals surface area contributed by atoms with Crippen molar-refractivity contribution in [3.8, 4) is 46.1 Å². The van der Waals surface area contributed by atoms with E-state index in [-0.39, 0.29) is 39.2 Å². The van der Waals surface area contributed by atoms with Crippen LogP contribution in [0.3, 0.4) is 0 Å². The molecule has 0 amide bonds. The summed E-state index contributed by atoms with van der Waals surface area (Å²) >= 11 is 6.18. The zero-order valence-corrected chi connectivity index (χ0v) is 29.2. The molecule has 1 aliphatic rings. The topological polar surface area (TPSA) is 159 Å². The van der Waals surface area contributed by atoms with E-state index in [1.165, 1.54) is 45.6 Å². The Morgan fingerprint density at radius 1 is 0.962 bits per heavy atom. The third kappa shape index (κ3) is 7.81. The number of aliphatic imine (C=N–C) groups is 1. The quantitative estimate of drug-likeness (QED) is 0.120. The zero-order chi connectivity index (χ0) is 36.8. The summed E-state index contributed by atoms with van der Waals surface area (Å²) in [7, 11) is 4.25. The fraction of sp³-hybridized carbons (Fsp3) is 0.278. The molecule has 1 aliphatic heterocycles. The van der Waals surface area contributed by atoms with Crippen molar-refractivity contribution in [2.45, 2.75) is 6.42 Å². The minimum absolute atomic E-state index is 0.0363. The zero-order valence-electron chi connectivity index (χ0n) is 28.5. The molecule has 2 aromatic heterocycles. The molecule has 0 spiro atoms. The molecular formula is C36H35ClFN5O9. The summed E-state index contributed by atoms with van der Waals surface area (Å²) in [4.78, 5) is 38.6. The lowest BCUT2D eigenvalue weighted by Gasteiger charge is -2.26. The monoisotopic (exact) mass is 735 g/mol. The van der Waals surface area contributed by atoms with Crippen LogP contribution in [0.2, 0.25) is 5.02 Å². The third-order valence-electron chi connectivity index (χ3n) is 8.26. The van der Waals surface area contributed by atoms with Gasteiger partial charge in [0, 0.05) is 61.7 Å². The van der Waals surface area contributed by atoms with Crippen LogP contribution in [-0.4, -0.2) is 91.5 Å². The Kier molecular flexibility index (Phi) is 11.2. The molecule has 0 radical (unpaired) electrons. The van der Waals surface area contributed by atoms with Crippen molar-refractivity contribution in [3.63, 3.8) is 0 Å². The Bertz CT molecular complexity index is 2240. The Labute approximate surface area is 301 Å². The highest BCUT2D eigenvalue weighted by atomic mass is 35.5. The minimum Gasteiger partial charge on any atom is -0.495 e. The van der Waals surface area contributed by atoms with E-state index in [0.29, 0.717) is 34.8 Å². The van der Waals surface area contributed by atoms with E-state index in [1.54, 1.807) is 24.4 Å². The van der Waals surface area contributed by atoms with Gasteiger partial charge in [0.05, 0.1) is 63.1 Å². The van der Waals surface area contributed by atoms with Gasteiger partial charge in [-0.05, 0) is 30.7 Å². The summed E-state index contributed by atoms with van der Waals surface area (Å²) in [6, 6.07) is 11.7. The molecule has 1 fully saturated rings. The molecule has 272 valence electrons. The molecular weight excluding hydrogens is 701 g/mol. The van der Waals surface area contributed by atoms with E-state index in [0.717, 1.165) is 56.1 Å². The lowest BCUT2D eigenvalue weighted by atomic mass is 10.1. The number of H-pyrrole nitrogens is 1. The average Bonchev–Trinajstić information content (AvgIpc) is 3.14. The number of benzene rings is 3. The van der Waals surface area contributed by atoms with E-state index in [4.69, 9.17) is 40.0 Å².